The Morgan fingerprint density at radius 3 is 2.03 bits per heavy atom. The third kappa shape index (κ3) is 24.6. The number of nitrogens with zero attached hydrogens (tertiary/aromatic N) is 2. The third-order valence-electron chi connectivity index (χ3n) is 20.4. The van der Waals surface area contributed by atoms with Crippen molar-refractivity contribution in [1.82, 2.24) is 57.7 Å². The average molecular weight is 1610 g/mol. The minimum atomic E-state index is -2.48. The number of nitrogens with two attached hydrogens (primary N) is 1. The van der Waals surface area contributed by atoms with Gasteiger partial charge in [-0.2, -0.15) is 0 Å². The van der Waals surface area contributed by atoms with Crippen molar-refractivity contribution < 1.29 is 122 Å². The summed E-state index contributed by atoms with van der Waals surface area (Å²) < 4.78 is 29.0. The van der Waals surface area contributed by atoms with Crippen LogP contribution in [0.5, 0.6) is 5.75 Å². The molecule has 3 heterocycles. The number of ether oxygens (including phenoxy) is 5. The Morgan fingerprint density at radius 1 is 0.848 bits per heavy atom. The van der Waals surface area contributed by atoms with Crippen molar-refractivity contribution in [3.8, 4) is 5.75 Å². The van der Waals surface area contributed by atoms with Crippen molar-refractivity contribution in [2.45, 2.75) is 243 Å². The lowest BCUT2D eigenvalue weighted by Crippen LogP contribution is -2.66. The lowest BCUT2D eigenvalue weighted by Gasteiger charge is -2.41. The second kappa shape index (κ2) is 41.8. The molecule has 0 bridgehead atoms. The first kappa shape index (κ1) is 95.6. The van der Waals surface area contributed by atoms with Gasteiger partial charge < -0.3 is 123 Å². The van der Waals surface area contributed by atoms with Gasteiger partial charge in [-0.3, -0.25) is 57.5 Å². The van der Waals surface area contributed by atoms with Crippen LogP contribution in [-0.2, 0) is 81.3 Å². The van der Waals surface area contributed by atoms with E-state index in [0.717, 1.165) is 69.7 Å². The largest absolute Gasteiger partial charge is 0.462 e. The first-order chi connectivity index (χ1) is 52.1. The van der Waals surface area contributed by atoms with E-state index in [4.69, 9.17) is 41.0 Å². The highest BCUT2D eigenvalue weighted by molar-refractivity contribution is 6.21. The van der Waals surface area contributed by atoms with Crippen molar-refractivity contribution in [1.29, 1.82) is 0 Å². The van der Waals surface area contributed by atoms with Gasteiger partial charge in [-0.1, -0.05) is 96.9 Å². The van der Waals surface area contributed by atoms with Gasteiger partial charge >= 0.3 is 5.97 Å². The predicted molar refractivity (Wildman–Crippen MR) is 401 cm³/mol. The van der Waals surface area contributed by atoms with Crippen LogP contribution < -0.4 is 58.3 Å². The Hall–Kier alpha value is -8.76. The fourth-order valence-corrected chi connectivity index (χ4v) is 12.6. The van der Waals surface area contributed by atoms with Crippen LogP contribution in [0.4, 0.5) is 0 Å². The molecule has 37 nitrogen and oxygen atoms in total. The van der Waals surface area contributed by atoms with Gasteiger partial charge in [0.1, 0.15) is 95.9 Å². The molecule has 3 fully saturated rings. The normalized spacial score (nSPS) is 27.7. The summed E-state index contributed by atoms with van der Waals surface area (Å²) in [7, 11) is 3.44. The number of halogens is 1. The lowest BCUT2D eigenvalue weighted by molar-refractivity contribution is -0.268. The topological polar surface area (TPSA) is 550 Å². The molecule has 0 radical (unpaired) electrons. The number of piperidine rings is 1. The van der Waals surface area contributed by atoms with Gasteiger partial charge in [0.15, 0.2) is 5.60 Å². The molecule has 0 spiro atoms. The fraction of sp³-hybridized carbons (Fsp3) is 0.662. The number of hydrogen-bond donors (Lipinski definition) is 17. The molecular weight excluding hydrogens is 1490 g/mol. The van der Waals surface area contributed by atoms with E-state index >= 15 is 19.2 Å². The van der Waals surface area contributed by atoms with E-state index in [1.165, 1.54) is 98.9 Å². The Balaban J connectivity index is 1.86. The van der Waals surface area contributed by atoms with Gasteiger partial charge in [-0.05, 0) is 104 Å². The van der Waals surface area contributed by atoms with Crippen molar-refractivity contribution in [2.75, 3.05) is 47.5 Å². The predicted octanol–water partition coefficient (Wildman–Crippen LogP) is -3.63. The Bertz CT molecular complexity index is 3610. The maximum Gasteiger partial charge on any atom is 0.329 e. The number of fused-ring (bicyclic) bond motifs is 1. The van der Waals surface area contributed by atoms with Crippen molar-refractivity contribution >= 4 is 88.5 Å². The number of aliphatic hydroxyl groups is 7. The highest BCUT2D eigenvalue weighted by Gasteiger charge is 2.50. The first-order valence-corrected chi connectivity index (χ1v) is 37.2. The van der Waals surface area contributed by atoms with Crippen LogP contribution in [0.1, 0.15) is 135 Å². The molecule has 0 aromatic heterocycles. The number of allylic oxidation sites excluding steroid dienone is 4. The summed E-state index contributed by atoms with van der Waals surface area (Å²) in [5.41, 5.74) is -0.495. The number of esters is 1. The maximum absolute atomic E-state index is 15.8. The molecule has 38 heteroatoms. The second-order valence-corrected chi connectivity index (χ2v) is 30.4. The number of methoxy groups -OCH3 is 2. The molecule has 22 unspecified atom stereocenters. The van der Waals surface area contributed by atoms with Gasteiger partial charge in [0, 0.05) is 38.6 Å². The molecule has 3 saturated heterocycles. The van der Waals surface area contributed by atoms with Crippen LogP contribution in [0.2, 0.25) is 0 Å². The molecule has 1 aromatic carbocycles. The summed E-state index contributed by atoms with van der Waals surface area (Å²) in [6, 6.07) is -7.53. The molecule has 112 heavy (non-hydrogen) atoms. The van der Waals surface area contributed by atoms with Gasteiger partial charge in [0.2, 0.25) is 59.5 Å². The Morgan fingerprint density at radius 2 is 1.47 bits per heavy atom. The van der Waals surface area contributed by atoms with E-state index in [1.807, 2.05) is 19.9 Å². The maximum atomic E-state index is 15.8. The highest BCUT2D eigenvalue weighted by Crippen LogP contribution is 2.34. The van der Waals surface area contributed by atoms with Gasteiger partial charge in [0.25, 0.3) is 17.7 Å². The number of rotatable bonds is 28. The van der Waals surface area contributed by atoms with E-state index in [0.29, 0.717) is 0 Å². The SMILES string of the molecule is CC=C(NC(=O)C(C)(NC(=O)CNC(=O)C(C)(O)C(O)C=CC(C)=CC(C)CC)C(C)O)C(=O)NC(C(=O)NC1C(=O)NC(COC)C(=O)NCC(=O)NC(C)C(=O)N(C)C(C(C)O)C(=O)NC(C(OC)c2ccc(OC3OC(C)C(O)C(O)C3O)cc2)C(=O)N2CCC(Cl)CC2C(=O)OC1C(C)C)C(C)C(C)(C)C(N)=O. The van der Waals surface area contributed by atoms with Crippen LogP contribution in [0.25, 0.3) is 0 Å². The quantitative estimate of drug-likeness (QED) is 0.0167. The zero-order chi connectivity index (χ0) is 85.1. The summed E-state index contributed by atoms with van der Waals surface area (Å²) in [6.45, 7) is 18.0. The van der Waals surface area contributed by atoms with Gasteiger partial charge in [0.05, 0.1) is 38.0 Å². The monoisotopic (exact) mass is 1610 g/mol. The summed E-state index contributed by atoms with van der Waals surface area (Å²) in [5, 5.41) is 96.2. The molecule has 628 valence electrons. The number of likely N-dealkylation sites (N-methyl/N-ethyl adjacent to an activating group) is 1. The summed E-state index contributed by atoms with van der Waals surface area (Å²) in [5.74, 6) is -17.4. The molecule has 1 aromatic rings. The van der Waals surface area contributed by atoms with Crippen molar-refractivity contribution in [3.05, 3.63) is 65.4 Å². The average Bonchev–Trinajstić information content (AvgIpc) is 0.794. The lowest BCUT2D eigenvalue weighted by atomic mass is 9.74. The molecule has 0 aliphatic carbocycles. The molecule has 18 N–H and O–H groups in total. The van der Waals surface area contributed by atoms with Crippen molar-refractivity contribution in [2.24, 2.45) is 28.9 Å². The molecule has 3 aliphatic heterocycles. The van der Waals surface area contributed by atoms with E-state index in [2.05, 4.69) is 47.9 Å². The Kier molecular flexibility index (Phi) is 35.7. The van der Waals surface area contributed by atoms with Crippen molar-refractivity contribution in [3.63, 3.8) is 0 Å². The first-order valence-electron chi connectivity index (χ1n) is 36.8. The summed E-state index contributed by atoms with van der Waals surface area (Å²) in [6.07, 6.45) is -9.91. The zero-order valence-corrected chi connectivity index (χ0v) is 67.3. The number of nitrogens with one attached hydrogen (secondary N) is 9. The molecule has 22 atom stereocenters. The molecule has 3 aliphatic rings. The van der Waals surface area contributed by atoms with E-state index in [9.17, 15) is 78.9 Å². The van der Waals surface area contributed by atoms with Crippen LogP contribution >= 0.6 is 11.6 Å². The fourth-order valence-electron chi connectivity index (χ4n) is 12.3. The minimum absolute atomic E-state index is 0.00660. The molecule has 0 saturated carbocycles. The van der Waals surface area contributed by atoms with Crippen LogP contribution in [-0.4, -0.2) is 284 Å². The number of carbonyl (C=O) groups excluding carboxylic acids is 13. The zero-order valence-electron chi connectivity index (χ0n) is 66.5. The minimum Gasteiger partial charge on any atom is -0.462 e. The van der Waals surface area contributed by atoms with Crippen LogP contribution in [0.3, 0.4) is 0 Å². The second-order valence-electron chi connectivity index (χ2n) is 29.8. The number of benzene rings is 1. The number of carbonyl (C=O) groups is 13. The summed E-state index contributed by atoms with van der Waals surface area (Å²) in [4.78, 5) is 190. The summed E-state index contributed by atoms with van der Waals surface area (Å²) >= 11 is 6.83. The molecular formula is C74H115ClN12O25. The van der Waals surface area contributed by atoms with E-state index < -0.39 is 240 Å². The number of alkyl halides is 1. The van der Waals surface area contributed by atoms with Gasteiger partial charge in [-0.25, -0.2) is 4.79 Å². The molecule has 12 amide bonds. The number of primary amides is 1. The third-order valence-corrected chi connectivity index (χ3v) is 20.8. The van der Waals surface area contributed by atoms with E-state index in [-0.39, 0.29) is 36.6 Å². The number of cyclic esters (lactones) is 1. The highest BCUT2D eigenvalue weighted by atomic mass is 35.5. The number of hydrogen-bond acceptors (Lipinski definition) is 25. The van der Waals surface area contributed by atoms with Crippen LogP contribution in [0.15, 0.2) is 59.8 Å². The smallest absolute Gasteiger partial charge is 0.329 e. The van der Waals surface area contributed by atoms with E-state index in [1.54, 1.807) is 6.92 Å². The van der Waals surface area contributed by atoms with Gasteiger partial charge in [-0.15, -0.1) is 11.6 Å². The number of aliphatic hydroxyl groups excluding tert-OH is 6. The molecule has 4 rings (SSSR count). The Labute approximate surface area is 655 Å². The number of amides is 12. The van der Waals surface area contributed by atoms with Crippen LogP contribution in [0, 0.1) is 23.2 Å². The standard InChI is InChI=1S/C74H115ClN12O25/c1-19-35(5)29-36(6)21-26-48(90)74(15,107)71(106)78-32-50(92)85-73(14,41(11)89)70(105)81-45(20-2)61(97)82-51(37(7)72(12,13)69(76)104)62(98)83-52-58(34(3)4)112-67(103)47-30-43(75)27-28-87(47)66(102)53(59(109-18)42-22-24-44(25-23-42)111-68-57(95)56(94)55(93)40(10)110-68)84-64(100)54(39(9)88)86(16)65(101)38(8)79-49(91)31-77-60(96)46(33-108-17)80-63(52)99/h20-26,29,34-35,37-41,43,46-48,51-59,68,88-90,93-95,107H,19,27-28,30-33H2,1-18H3,(H2,76,104)(H,77,96)(H,78,106)(H,79,91)(H,80,99)(H,81,105)(H,82,97)(H,83,98)(H,84,100)(H,85,92).